The first-order chi connectivity index (χ1) is 8.58. The predicted octanol–water partition coefficient (Wildman–Crippen LogP) is 2.25. The Morgan fingerprint density at radius 1 is 1.28 bits per heavy atom. The van der Waals surface area contributed by atoms with Crippen LogP contribution in [0.15, 0.2) is 0 Å². The van der Waals surface area contributed by atoms with Crippen LogP contribution < -0.4 is 5.73 Å². The molecule has 4 nitrogen and oxygen atoms in total. The standard InChI is InChI=1S/C14H27NO3/c1-3-4-9-17-10-11-18-13(16)14(15)7-5-12(2)6-8-14/h12H,3-11,15H2,1-2H3. The van der Waals surface area contributed by atoms with E-state index in [1.807, 2.05) is 0 Å². The molecule has 0 saturated heterocycles. The molecule has 4 heteroatoms. The summed E-state index contributed by atoms with van der Waals surface area (Å²) in [7, 11) is 0. The molecule has 18 heavy (non-hydrogen) atoms. The summed E-state index contributed by atoms with van der Waals surface area (Å²) < 4.78 is 10.6. The smallest absolute Gasteiger partial charge is 0.326 e. The summed E-state index contributed by atoms with van der Waals surface area (Å²) in [6.07, 6.45) is 5.67. The summed E-state index contributed by atoms with van der Waals surface area (Å²) in [5.74, 6) is 0.417. The van der Waals surface area contributed by atoms with Gasteiger partial charge in [-0.15, -0.1) is 0 Å². The van der Waals surface area contributed by atoms with Crippen molar-refractivity contribution in [2.24, 2.45) is 11.7 Å². The van der Waals surface area contributed by atoms with Crippen molar-refractivity contribution in [2.75, 3.05) is 19.8 Å². The van der Waals surface area contributed by atoms with E-state index in [1.54, 1.807) is 0 Å². The average Bonchev–Trinajstić information content (AvgIpc) is 2.37. The zero-order valence-corrected chi connectivity index (χ0v) is 11.7. The van der Waals surface area contributed by atoms with E-state index in [-0.39, 0.29) is 5.97 Å². The Labute approximate surface area is 110 Å². The van der Waals surface area contributed by atoms with E-state index in [9.17, 15) is 4.79 Å². The maximum Gasteiger partial charge on any atom is 0.326 e. The Kier molecular flexibility index (Phi) is 6.65. The fourth-order valence-electron chi connectivity index (χ4n) is 2.17. The van der Waals surface area contributed by atoms with E-state index in [2.05, 4.69) is 13.8 Å². The Morgan fingerprint density at radius 3 is 2.56 bits per heavy atom. The van der Waals surface area contributed by atoms with Gasteiger partial charge in [-0.2, -0.15) is 0 Å². The van der Waals surface area contributed by atoms with Gasteiger partial charge in [-0.1, -0.05) is 20.3 Å². The summed E-state index contributed by atoms with van der Waals surface area (Å²) in [4.78, 5) is 11.9. The summed E-state index contributed by atoms with van der Waals surface area (Å²) in [6, 6.07) is 0. The largest absolute Gasteiger partial charge is 0.462 e. The molecule has 1 aliphatic carbocycles. The molecule has 2 N–H and O–H groups in total. The van der Waals surface area contributed by atoms with Gasteiger partial charge in [0.15, 0.2) is 0 Å². The lowest BCUT2D eigenvalue weighted by Gasteiger charge is -2.33. The van der Waals surface area contributed by atoms with Gasteiger partial charge in [0, 0.05) is 6.61 Å². The lowest BCUT2D eigenvalue weighted by Crippen LogP contribution is -2.51. The van der Waals surface area contributed by atoms with Crippen LogP contribution in [0.4, 0.5) is 0 Å². The first kappa shape index (κ1) is 15.4. The highest BCUT2D eigenvalue weighted by Gasteiger charge is 2.38. The fraction of sp³-hybridized carbons (Fsp3) is 0.929. The van der Waals surface area contributed by atoms with Crippen molar-refractivity contribution in [2.45, 2.75) is 57.9 Å². The van der Waals surface area contributed by atoms with Crippen LogP contribution >= 0.6 is 0 Å². The summed E-state index contributed by atoms with van der Waals surface area (Å²) in [5.41, 5.74) is 5.36. The minimum Gasteiger partial charge on any atom is -0.462 e. The zero-order chi connectivity index (χ0) is 13.4. The highest BCUT2D eigenvalue weighted by molar-refractivity contribution is 5.80. The molecule has 1 rings (SSSR count). The summed E-state index contributed by atoms with van der Waals surface area (Å²) in [5, 5.41) is 0. The average molecular weight is 257 g/mol. The normalized spacial score (nSPS) is 28.1. The maximum atomic E-state index is 11.9. The molecule has 0 spiro atoms. The zero-order valence-electron chi connectivity index (χ0n) is 11.7. The molecule has 106 valence electrons. The Bertz CT molecular complexity index is 247. The van der Waals surface area contributed by atoms with E-state index < -0.39 is 5.54 Å². The van der Waals surface area contributed by atoms with Crippen LogP contribution in [0.2, 0.25) is 0 Å². The number of carbonyl (C=O) groups excluding carboxylic acids is 1. The van der Waals surface area contributed by atoms with Crippen LogP contribution in [0.1, 0.15) is 52.4 Å². The molecular formula is C14H27NO3. The fourth-order valence-corrected chi connectivity index (χ4v) is 2.17. The lowest BCUT2D eigenvalue weighted by atomic mass is 9.78. The van der Waals surface area contributed by atoms with E-state index in [1.165, 1.54) is 0 Å². The molecule has 0 radical (unpaired) electrons. The van der Waals surface area contributed by atoms with Gasteiger partial charge in [0.05, 0.1) is 6.61 Å². The molecule has 1 fully saturated rings. The molecule has 0 amide bonds. The van der Waals surface area contributed by atoms with Crippen LogP contribution in [0.5, 0.6) is 0 Å². The van der Waals surface area contributed by atoms with E-state index in [4.69, 9.17) is 15.2 Å². The third-order valence-corrected chi connectivity index (χ3v) is 3.68. The Balaban J connectivity index is 2.16. The minimum atomic E-state index is -0.754. The molecule has 0 heterocycles. The number of esters is 1. The minimum absolute atomic E-state index is 0.256. The number of hydrogen-bond donors (Lipinski definition) is 1. The van der Waals surface area contributed by atoms with Crippen molar-refractivity contribution in [1.29, 1.82) is 0 Å². The highest BCUT2D eigenvalue weighted by Crippen LogP contribution is 2.30. The van der Waals surface area contributed by atoms with E-state index in [0.29, 0.717) is 19.1 Å². The van der Waals surface area contributed by atoms with Crippen molar-refractivity contribution >= 4 is 5.97 Å². The van der Waals surface area contributed by atoms with Gasteiger partial charge >= 0.3 is 5.97 Å². The molecule has 0 aromatic rings. The number of unbranched alkanes of at least 4 members (excludes halogenated alkanes) is 1. The molecular weight excluding hydrogens is 230 g/mol. The molecule has 1 saturated carbocycles. The molecule has 0 unspecified atom stereocenters. The molecule has 1 aliphatic rings. The predicted molar refractivity (Wildman–Crippen MR) is 71.2 cm³/mol. The van der Waals surface area contributed by atoms with Gasteiger partial charge < -0.3 is 15.2 Å². The maximum absolute atomic E-state index is 11.9. The van der Waals surface area contributed by atoms with Crippen LogP contribution in [0.3, 0.4) is 0 Å². The van der Waals surface area contributed by atoms with Crippen molar-refractivity contribution in [3.63, 3.8) is 0 Å². The van der Waals surface area contributed by atoms with E-state index in [0.717, 1.165) is 45.1 Å². The quantitative estimate of drug-likeness (QED) is 0.561. The number of carbonyl (C=O) groups is 1. The topological polar surface area (TPSA) is 61.5 Å². The number of ether oxygens (including phenoxy) is 2. The Hall–Kier alpha value is -0.610. The first-order valence-corrected chi connectivity index (χ1v) is 7.12. The van der Waals surface area contributed by atoms with Crippen molar-refractivity contribution < 1.29 is 14.3 Å². The van der Waals surface area contributed by atoms with Crippen LogP contribution in [0, 0.1) is 5.92 Å². The third-order valence-electron chi connectivity index (χ3n) is 3.68. The molecule has 0 aliphatic heterocycles. The second kappa shape index (κ2) is 7.74. The van der Waals surface area contributed by atoms with Crippen LogP contribution in [-0.4, -0.2) is 31.3 Å². The SMILES string of the molecule is CCCCOCCOC(=O)C1(N)CCC(C)CC1. The van der Waals surface area contributed by atoms with Gasteiger partial charge in [0.2, 0.25) is 0 Å². The van der Waals surface area contributed by atoms with Crippen LogP contribution in [0.25, 0.3) is 0 Å². The first-order valence-electron chi connectivity index (χ1n) is 7.12. The molecule has 0 aromatic heterocycles. The summed E-state index contributed by atoms with van der Waals surface area (Å²) >= 11 is 0. The van der Waals surface area contributed by atoms with Gasteiger partial charge in [0.1, 0.15) is 12.1 Å². The van der Waals surface area contributed by atoms with Gasteiger partial charge in [-0.3, -0.25) is 4.79 Å². The van der Waals surface area contributed by atoms with Gasteiger partial charge in [-0.25, -0.2) is 0 Å². The van der Waals surface area contributed by atoms with Crippen LogP contribution in [-0.2, 0) is 14.3 Å². The second-order valence-electron chi connectivity index (χ2n) is 5.44. The monoisotopic (exact) mass is 257 g/mol. The molecule has 0 atom stereocenters. The Morgan fingerprint density at radius 2 is 1.94 bits per heavy atom. The van der Waals surface area contributed by atoms with Gasteiger partial charge in [0.25, 0.3) is 0 Å². The van der Waals surface area contributed by atoms with Gasteiger partial charge in [-0.05, 0) is 38.0 Å². The third kappa shape index (κ3) is 4.94. The second-order valence-corrected chi connectivity index (χ2v) is 5.44. The van der Waals surface area contributed by atoms with Crippen molar-refractivity contribution in [3.05, 3.63) is 0 Å². The van der Waals surface area contributed by atoms with Crippen molar-refractivity contribution in [1.82, 2.24) is 0 Å². The molecule has 0 bridgehead atoms. The number of rotatable bonds is 7. The molecule has 0 aromatic carbocycles. The van der Waals surface area contributed by atoms with E-state index >= 15 is 0 Å². The highest BCUT2D eigenvalue weighted by atomic mass is 16.6. The van der Waals surface area contributed by atoms with Crippen molar-refractivity contribution in [3.8, 4) is 0 Å². The summed E-state index contributed by atoms with van der Waals surface area (Å²) in [6.45, 7) is 5.84. The number of hydrogen-bond acceptors (Lipinski definition) is 4. The lowest BCUT2D eigenvalue weighted by molar-refractivity contribution is -0.153. The number of nitrogens with two attached hydrogens (primary N) is 1.